The lowest BCUT2D eigenvalue weighted by Gasteiger charge is -2.19. The van der Waals surface area contributed by atoms with Crippen LogP contribution in [-0.4, -0.2) is 26.0 Å². The lowest BCUT2D eigenvalue weighted by Crippen LogP contribution is -2.28. The third-order valence-corrected chi connectivity index (χ3v) is 5.12. The van der Waals surface area contributed by atoms with Crippen molar-refractivity contribution in [1.29, 1.82) is 0 Å². The van der Waals surface area contributed by atoms with Crippen LogP contribution in [0.2, 0.25) is 0 Å². The van der Waals surface area contributed by atoms with E-state index in [1.165, 1.54) is 11.3 Å². The average molecular weight is 328 g/mol. The van der Waals surface area contributed by atoms with Crippen molar-refractivity contribution in [3.63, 3.8) is 0 Å². The van der Waals surface area contributed by atoms with Crippen LogP contribution in [0.25, 0.3) is 0 Å². The van der Waals surface area contributed by atoms with E-state index in [-0.39, 0.29) is 17.2 Å². The molecule has 1 aliphatic carbocycles. The Morgan fingerprint density at radius 2 is 1.88 bits per heavy atom. The Morgan fingerprint density at radius 3 is 2.50 bits per heavy atom. The molecule has 2 atom stereocenters. The molecule has 132 valence electrons. The van der Waals surface area contributed by atoms with Crippen molar-refractivity contribution in [3.8, 4) is 0 Å². The molecule has 1 amide bonds. The van der Waals surface area contributed by atoms with Gasteiger partial charge in [-0.2, -0.15) is 0 Å². The molecule has 24 heavy (non-hydrogen) atoms. The van der Waals surface area contributed by atoms with Crippen molar-refractivity contribution >= 4 is 11.6 Å². The minimum atomic E-state index is 0.106. The van der Waals surface area contributed by atoms with Crippen molar-refractivity contribution < 1.29 is 4.79 Å². The molecule has 0 radical (unpaired) electrons. The molecule has 3 heteroatoms. The molecule has 0 unspecified atom stereocenters. The summed E-state index contributed by atoms with van der Waals surface area (Å²) in [7, 11) is 2.12. The number of unbranched alkanes of at least 4 members (excludes halogenated alkanes) is 1. The molecule has 0 bridgehead atoms. The van der Waals surface area contributed by atoms with E-state index in [9.17, 15) is 4.79 Å². The highest BCUT2D eigenvalue weighted by atomic mass is 16.2. The summed E-state index contributed by atoms with van der Waals surface area (Å²) in [5, 5.41) is 3.13. The summed E-state index contributed by atoms with van der Waals surface area (Å²) in [4.78, 5) is 14.6. The molecular weight excluding hydrogens is 296 g/mol. The van der Waals surface area contributed by atoms with Crippen LogP contribution in [0.5, 0.6) is 0 Å². The standard InChI is InChI=1S/C21H32N2O/c1-16(2)15-18-19(21(18,3)4)20(24)22-13-9-10-14-23(5)17-11-7-6-8-12-17/h6-8,11-12,15,18-19H,9-10,13-14H2,1-5H3,(H,22,24)/t18-,19-/m0/s1. The number of carbonyl (C=O) groups is 1. The first kappa shape index (κ1) is 18.6. The van der Waals surface area contributed by atoms with Gasteiger partial charge in [0.25, 0.3) is 0 Å². The normalized spacial score (nSPS) is 21.0. The molecule has 1 fully saturated rings. The molecule has 2 rings (SSSR count). The van der Waals surface area contributed by atoms with Gasteiger partial charge in [-0.05, 0) is 50.2 Å². The van der Waals surface area contributed by atoms with E-state index < -0.39 is 0 Å². The number of para-hydroxylation sites is 1. The fraction of sp³-hybridized carbons (Fsp3) is 0.571. The number of nitrogens with zero attached hydrogens (tertiary/aromatic N) is 1. The molecule has 1 aromatic rings. The van der Waals surface area contributed by atoms with Crippen LogP contribution in [0.1, 0.15) is 40.5 Å². The van der Waals surface area contributed by atoms with Crippen LogP contribution in [0.3, 0.4) is 0 Å². The van der Waals surface area contributed by atoms with Crippen molar-refractivity contribution in [3.05, 3.63) is 42.0 Å². The molecule has 1 aliphatic rings. The van der Waals surface area contributed by atoms with Crippen molar-refractivity contribution in [2.45, 2.75) is 40.5 Å². The number of benzene rings is 1. The van der Waals surface area contributed by atoms with Crippen molar-refractivity contribution in [2.24, 2.45) is 17.3 Å². The van der Waals surface area contributed by atoms with E-state index in [4.69, 9.17) is 0 Å². The molecular formula is C21H32N2O. The molecule has 0 spiro atoms. The largest absolute Gasteiger partial charge is 0.375 e. The SMILES string of the molecule is CC(C)=C[C@H]1[C@@H](C(=O)NCCCCN(C)c2ccccc2)C1(C)C. The predicted octanol–water partition coefficient (Wildman–Crippen LogP) is 4.26. The predicted molar refractivity (Wildman–Crippen MR) is 102 cm³/mol. The van der Waals surface area contributed by atoms with Crippen LogP contribution in [0, 0.1) is 17.3 Å². The number of carbonyl (C=O) groups excluding carboxylic acids is 1. The van der Waals surface area contributed by atoms with Gasteiger partial charge >= 0.3 is 0 Å². The maximum atomic E-state index is 12.4. The molecule has 1 aromatic carbocycles. The highest BCUT2D eigenvalue weighted by Crippen LogP contribution is 2.59. The van der Waals surface area contributed by atoms with E-state index in [1.807, 2.05) is 6.07 Å². The summed E-state index contributed by atoms with van der Waals surface area (Å²) in [5.41, 5.74) is 2.65. The van der Waals surface area contributed by atoms with Crippen LogP contribution < -0.4 is 10.2 Å². The highest BCUT2D eigenvalue weighted by molar-refractivity contribution is 5.83. The first-order valence-corrected chi connectivity index (χ1v) is 9.03. The molecule has 0 aliphatic heterocycles. The Hall–Kier alpha value is -1.77. The summed E-state index contributed by atoms with van der Waals surface area (Å²) in [6.45, 7) is 10.4. The summed E-state index contributed by atoms with van der Waals surface area (Å²) in [6.07, 6.45) is 4.35. The van der Waals surface area contributed by atoms with Gasteiger partial charge in [-0.3, -0.25) is 4.79 Å². The smallest absolute Gasteiger partial charge is 0.224 e. The van der Waals surface area contributed by atoms with Crippen LogP contribution in [0.15, 0.2) is 42.0 Å². The number of nitrogens with one attached hydrogen (secondary N) is 1. The Kier molecular flexibility index (Phi) is 6.09. The maximum absolute atomic E-state index is 12.4. The summed E-state index contributed by atoms with van der Waals surface area (Å²) < 4.78 is 0. The van der Waals surface area contributed by atoms with E-state index in [1.54, 1.807) is 0 Å². The number of rotatable bonds is 8. The van der Waals surface area contributed by atoms with Gasteiger partial charge in [0.2, 0.25) is 5.91 Å². The maximum Gasteiger partial charge on any atom is 0.224 e. The first-order chi connectivity index (χ1) is 11.3. The zero-order valence-electron chi connectivity index (χ0n) is 15.8. The Balaban J connectivity index is 1.66. The summed E-state index contributed by atoms with van der Waals surface area (Å²) in [5.74, 6) is 0.755. The number of hydrogen-bond acceptors (Lipinski definition) is 2. The van der Waals surface area contributed by atoms with Gasteiger partial charge < -0.3 is 10.2 Å². The van der Waals surface area contributed by atoms with Gasteiger partial charge in [-0.15, -0.1) is 0 Å². The molecule has 0 saturated heterocycles. The third-order valence-electron chi connectivity index (χ3n) is 5.12. The van der Waals surface area contributed by atoms with Gasteiger partial charge in [0, 0.05) is 25.8 Å². The number of amides is 1. The number of anilines is 1. The quantitative estimate of drug-likeness (QED) is 0.571. The zero-order valence-corrected chi connectivity index (χ0v) is 15.8. The van der Waals surface area contributed by atoms with Crippen LogP contribution >= 0.6 is 0 Å². The third kappa shape index (κ3) is 4.62. The monoisotopic (exact) mass is 328 g/mol. The number of allylic oxidation sites excluding steroid dienone is 2. The van der Waals surface area contributed by atoms with Crippen molar-refractivity contribution in [1.82, 2.24) is 5.32 Å². The van der Waals surface area contributed by atoms with E-state index in [2.05, 4.69) is 75.3 Å². The Bertz CT molecular complexity index is 573. The molecule has 3 nitrogen and oxygen atoms in total. The lowest BCUT2D eigenvalue weighted by molar-refractivity contribution is -0.123. The van der Waals surface area contributed by atoms with Crippen LogP contribution in [-0.2, 0) is 4.79 Å². The second-order valence-corrected chi connectivity index (χ2v) is 7.82. The molecule has 1 saturated carbocycles. The fourth-order valence-electron chi connectivity index (χ4n) is 3.46. The van der Waals surface area contributed by atoms with Crippen molar-refractivity contribution in [2.75, 3.05) is 25.0 Å². The van der Waals surface area contributed by atoms with Gasteiger partial charge in [-0.1, -0.05) is 43.7 Å². The second kappa shape index (κ2) is 7.87. The second-order valence-electron chi connectivity index (χ2n) is 7.82. The minimum absolute atomic E-state index is 0.106. The molecule has 0 heterocycles. The average Bonchev–Trinajstić information content (AvgIpc) is 3.07. The van der Waals surface area contributed by atoms with E-state index >= 15 is 0 Å². The van der Waals surface area contributed by atoms with E-state index in [0.29, 0.717) is 5.92 Å². The minimum Gasteiger partial charge on any atom is -0.375 e. The Morgan fingerprint density at radius 1 is 1.21 bits per heavy atom. The topological polar surface area (TPSA) is 32.3 Å². The van der Waals surface area contributed by atoms with Gasteiger partial charge in [-0.25, -0.2) is 0 Å². The van der Waals surface area contributed by atoms with Gasteiger partial charge in [0.1, 0.15) is 0 Å². The zero-order chi connectivity index (χ0) is 17.7. The first-order valence-electron chi connectivity index (χ1n) is 9.03. The summed E-state index contributed by atoms with van der Waals surface area (Å²) in [6, 6.07) is 10.4. The van der Waals surface area contributed by atoms with Gasteiger partial charge in [0.15, 0.2) is 0 Å². The number of hydrogen-bond donors (Lipinski definition) is 1. The van der Waals surface area contributed by atoms with Crippen LogP contribution in [0.4, 0.5) is 5.69 Å². The Labute approximate surface area is 147 Å². The highest BCUT2D eigenvalue weighted by Gasteiger charge is 2.60. The molecule has 1 N–H and O–H groups in total. The molecule has 0 aromatic heterocycles. The van der Waals surface area contributed by atoms with E-state index in [0.717, 1.165) is 25.9 Å². The fourth-order valence-corrected chi connectivity index (χ4v) is 3.46. The lowest BCUT2D eigenvalue weighted by atomic mass is 10.1. The summed E-state index contributed by atoms with van der Waals surface area (Å²) >= 11 is 0. The van der Waals surface area contributed by atoms with Gasteiger partial charge in [0.05, 0.1) is 5.92 Å².